The molecule has 0 saturated heterocycles. The van der Waals surface area contributed by atoms with Crippen LogP contribution in [0.4, 0.5) is 0 Å². The van der Waals surface area contributed by atoms with Crippen LogP contribution < -0.4 is 0 Å². The summed E-state index contributed by atoms with van der Waals surface area (Å²) in [7, 11) is 0. The fourth-order valence-electron chi connectivity index (χ4n) is 1.22. The third-order valence-corrected chi connectivity index (χ3v) is 1.94. The summed E-state index contributed by atoms with van der Waals surface area (Å²) < 4.78 is 9.97. The van der Waals surface area contributed by atoms with Gasteiger partial charge in [0.1, 0.15) is 5.60 Å². The van der Waals surface area contributed by atoms with Gasteiger partial charge in [-0.2, -0.15) is 0 Å². The summed E-state index contributed by atoms with van der Waals surface area (Å²) in [6.07, 6.45) is -0.0305. The summed E-state index contributed by atoms with van der Waals surface area (Å²) >= 11 is 0. The van der Waals surface area contributed by atoms with Crippen molar-refractivity contribution in [3.8, 4) is 0 Å². The van der Waals surface area contributed by atoms with Crippen molar-refractivity contribution < 1.29 is 24.2 Å². The quantitative estimate of drug-likeness (QED) is 0.569. The predicted octanol–water partition coefficient (Wildman–Crippen LogP) is 0.727. The molecule has 1 N–H and O–H groups in total. The highest BCUT2D eigenvalue weighted by atomic mass is 16.6. The number of aliphatic hydroxyl groups excluding tert-OH is 1. The van der Waals surface area contributed by atoms with Crippen molar-refractivity contribution in [3.63, 3.8) is 0 Å². The van der Waals surface area contributed by atoms with Gasteiger partial charge in [-0.1, -0.05) is 6.58 Å². The summed E-state index contributed by atoms with van der Waals surface area (Å²) in [4.78, 5) is 23.1. The number of carbonyl (C=O) groups excluding carboxylic acids is 2. The van der Waals surface area contributed by atoms with Crippen LogP contribution in [-0.4, -0.2) is 34.9 Å². The number of rotatable bonds is 2. The highest BCUT2D eigenvalue weighted by molar-refractivity contribution is 6.04. The van der Waals surface area contributed by atoms with Crippen LogP contribution in [0.2, 0.25) is 0 Å². The third-order valence-electron chi connectivity index (χ3n) is 1.94. The van der Waals surface area contributed by atoms with Crippen molar-refractivity contribution in [3.05, 3.63) is 24.3 Å². The Labute approximate surface area is 99.7 Å². The van der Waals surface area contributed by atoms with Gasteiger partial charge >= 0.3 is 5.97 Å². The lowest BCUT2D eigenvalue weighted by Crippen LogP contribution is -2.37. The second-order valence-electron chi connectivity index (χ2n) is 4.70. The average Bonchev–Trinajstić information content (AvgIpc) is 2.18. The van der Waals surface area contributed by atoms with Gasteiger partial charge in [0.2, 0.25) is 0 Å². The summed E-state index contributed by atoms with van der Waals surface area (Å²) in [6, 6.07) is 0. The SMILES string of the molecule is C=C(C(=O)OC(C)(C)C)[C@@H]1O[C@@H](O)C=CC1=O. The molecule has 1 aliphatic rings. The van der Waals surface area contributed by atoms with Crippen LogP contribution in [0.3, 0.4) is 0 Å². The first kappa shape index (κ1) is 13.6. The number of ketones is 1. The van der Waals surface area contributed by atoms with Gasteiger partial charge in [0, 0.05) is 0 Å². The lowest BCUT2D eigenvalue weighted by molar-refractivity contribution is -0.158. The van der Waals surface area contributed by atoms with E-state index in [1.54, 1.807) is 20.8 Å². The van der Waals surface area contributed by atoms with E-state index in [1.165, 1.54) is 6.08 Å². The van der Waals surface area contributed by atoms with Crippen LogP contribution in [0.5, 0.6) is 0 Å². The lowest BCUT2D eigenvalue weighted by atomic mass is 10.0. The van der Waals surface area contributed by atoms with Crippen LogP contribution in [0, 0.1) is 0 Å². The summed E-state index contributed by atoms with van der Waals surface area (Å²) in [5.41, 5.74) is -0.792. The molecule has 0 aliphatic carbocycles. The first-order valence-electron chi connectivity index (χ1n) is 5.18. The van der Waals surface area contributed by atoms with E-state index in [-0.39, 0.29) is 5.57 Å². The Morgan fingerprint density at radius 2 is 2.12 bits per heavy atom. The first-order chi connectivity index (χ1) is 7.70. The molecule has 94 valence electrons. The number of esters is 1. The van der Waals surface area contributed by atoms with Crippen molar-refractivity contribution in [1.29, 1.82) is 0 Å². The molecule has 0 bridgehead atoms. The summed E-state index contributed by atoms with van der Waals surface area (Å²) in [5.74, 6) is -1.15. The van der Waals surface area contributed by atoms with Gasteiger partial charge in [0.15, 0.2) is 18.2 Å². The van der Waals surface area contributed by atoms with Gasteiger partial charge in [-0.25, -0.2) is 4.79 Å². The second-order valence-corrected chi connectivity index (χ2v) is 4.70. The molecule has 17 heavy (non-hydrogen) atoms. The van der Waals surface area contributed by atoms with Crippen LogP contribution in [0.25, 0.3) is 0 Å². The molecule has 5 nitrogen and oxygen atoms in total. The first-order valence-corrected chi connectivity index (χ1v) is 5.18. The van der Waals surface area contributed by atoms with E-state index in [1.807, 2.05) is 0 Å². The van der Waals surface area contributed by atoms with Crippen molar-refractivity contribution in [2.75, 3.05) is 0 Å². The molecule has 1 rings (SSSR count). The minimum absolute atomic E-state index is 0.117. The number of aliphatic hydroxyl groups is 1. The number of carbonyl (C=O) groups is 2. The molecule has 2 atom stereocenters. The Kier molecular flexibility index (Phi) is 3.85. The minimum atomic E-state index is -1.21. The van der Waals surface area contributed by atoms with E-state index in [0.29, 0.717) is 0 Å². The molecule has 5 heteroatoms. The van der Waals surface area contributed by atoms with Crippen LogP contribution in [-0.2, 0) is 19.1 Å². The standard InChI is InChI=1S/C12H16O5/c1-7(11(15)17-12(2,3)4)10-8(13)5-6-9(14)16-10/h5-6,9-10,14H,1H2,2-4H3/t9-,10+/m1/s1. The molecule has 0 unspecified atom stereocenters. The maximum atomic E-state index is 11.7. The van der Waals surface area contributed by atoms with E-state index in [0.717, 1.165) is 6.08 Å². The fraction of sp³-hybridized carbons (Fsp3) is 0.500. The Bertz CT molecular complexity index is 375. The average molecular weight is 240 g/mol. The molecule has 0 amide bonds. The molecule has 0 fully saturated rings. The molecule has 1 heterocycles. The fourth-order valence-corrected chi connectivity index (χ4v) is 1.22. The number of ether oxygens (including phenoxy) is 2. The number of hydrogen-bond donors (Lipinski definition) is 1. The zero-order valence-electron chi connectivity index (χ0n) is 10.1. The zero-order chi connectivity index (χ0) is 13.2. The Hall–Kier alpha value is -1.46. The Morgan fingerprint density at radius 1 is 1.53 bits per heavy atom. The molecule has 0 saturated carbocycles. The Balaban J connectivity index is 2.74. The van der Waals surface area contributed by atoms with Crippen molar-refractivity contribution in [1.82, 2.24) is 0 Å². The molecule has 1 aliphatic heterocycles. The van der Waals surface area contributed by atoms with Gasteiger partial charge in [-0.3, -0.25) is 4.79 Å². The maximum Gasteiger partial charge on any atom is 0.337 e. The van der Waals surface area contributed by atoms with E-state index >= 15 is 0 Å². The van der Waals surface area contributed by atoms with E-state index in [2.05, 4.69) is 6.58 Å². The summed E-state index contributed by atoms with van der Waals surface area (Å²) in [5, 5.41) is 9.21. The lowest BCUT2D eigenvalue weighted by Gasteiger charge is -2.25. The molecular weight excluding hydrogens is 224 g/mol. The topological polar surface area (TPSA) is 72.8 Å². The van der Waals surface area contributed by atoms with Gasteiger partial charge in [0.25, 0.3) is 0 Å². The molecular formula is C12H16O5. The van der Waals surface area contributed by atoms with E-state index in [4.69, 9.17) is 9.47 Å². The monoisotopic (exact) mass is 240 g/mol. The normalized spacial score (nSPS) is 24.6. The molecule has 0 spiro atoms. The van der Waals surface area contributed by atoms with Gasteiger partial charge in [-0.05, 0) is 32.9 Å². The van der Waals surface area contributed by atoms with Crippen LogP contribution >= 0.6 is 0 Å². The van der Waals surface area contributed by atoms with Crippen molar-refractivity contribution >= 4 is 11.8 Å². The van der Waals surface area contributed by atoms with Gasteiger partial charge < -0.3 is 14.6 Å². The highest BCUT2D eigenvalue weighted by Crippen LogP contribution is 2.18. The molecule has 0 aromatic heterocycles. The van der Waals surface area contributed by atoms with E-state index in [9.17, 15) is 14.7 Å². The van der Waals surface area contributed by atoms with Crippen LogP contribution in [0.15, 0.2) is 24.3 Å². The van der Waals surface area contributed by atoms with Crippen molar-refractivity contribution in [2.45, 2.75) is 38.8 Å². The van der Waals surface area contributed by atoms with Gasteiger partial charge in [-0.15, -0.1) is 0 Å². The molecule has 0 radical (unpaired) electrons. The largest absolute Gasteiger partial charge is 0.457 e. The molecule has 0 aromatic carbocycles. The smallest absolute Gasteiger partial charge is 0.337 e. The number of hydrogen-bond acceptors (Lipinski definition) is 5. The minimum Gasteiger partial charge on any atom is -0.457 e. The second kappa shape index (κ2) is 4.81. The van der Waals surface area contributed by atoms with E-state index < -0.39 is 29.7 Å². The molecule has 0 aromatic rings. The maximum absolute atomic E-state index is 11.7. The Morgan fingerprint density at radius 3 is 2.65 bits per heavy atom. The zero-order valence-corrected chi connectivity index (χ0v) is 10.1. The predicted molar refractivity (Wildman–Crippen MR) is 60.0 cm³/mol. The summed E-state index contributed by atoms with van der Waals surface area (Å²) in [6.45, 7) is 8.60. The highest BCUT2D eigenvalue weighted by Gasteiger charge is 2.32. The third kappa shape index (κ3) is 3.80. The van der Waals surface area contributed by atoms with Gasteiger partial charge in [0.05, 0.1) is 5.57 Å². The van der Waals surface area contributed by atoms with Crippen LogP contribution in [0.1, 0.15) is 20.8 Å². The van der Waals surface area contributed by atoms with Crippen molar-refractivity contribution in [2.24, 2.45) is 0 Å².